The average Bonchev–Trinajstić information content (AvgIpc) is 3.11. The Morgan fingerprint density at radius 1 is 0.962 bits per heavy atom. The number of anilines is 1. The molecule has 4 rings (SSSR count). The van der Waals surface area contributed by atoms with E-state index >= 15 is 0 Å². The molecule has 1 fully saturated rings. The Bertz CT molecular complexity index is 736. The molecule has 2 aromatic rings. The van der Waals surface area contributed by atoms with E-state index in [1.165, 1.54) is 35.2 Å². The van der Waals surface area contributed by atoms with Crippen LogP contribution in [0.25, 0.3) is 0 Å². The number of halogens is 1. The first kappa shape index (κ1) is 17.5. The van der Waals surface area contributed by atoms with Crippen molar-refractivity contribution >= 4 is 5.69 Å². The van der Waals surface area contributed by atoms with Crippen LogP contribution in [0.1, 0.15) is 29.5 Å². The molecule has 0 bridgehead atoms. The van der Waals surface area contributed by atoms with Gasteiger partial charge in [0.25, 0.3) is 0 Å². The van der Waals surface area contributed by atoms with Crippen LogP contribution >= 0.6 is 0 Å². The second-order valence-electron chi connectivity index (χ2n) is 7.56. The average molecular weight is 353 g/mol. The van der Waals surface area contributed by atoms with Gasteiger partial charge in [0.05, 0.1) is 0 Å². The third-order valence-corrected chi connectivity index (χ3v) is 5.94. The highest BCUT2D eigenvalue weighted by Gasteiger charge is 2.29. The van der Waals surface area contributed by atoms with Crippen molar-refractivity contribution in [1.82, 2.24) is 4.90 Å². The van der Waals surface area contributed by atoms with Gasteiger partial charge in [-0.2, -0.15) is 0 Å². The van der Waals surface area contributed by atoms with Crippen LogP contribution in [-0.2, 0) is 19.4 Å². The Morgan fingerprint density at radius 2 is 1.69 bits per heavy atom. The Kier molecular flexibility index (Phi) is 5.23. The van der Waals surface area contributed by atoms with Gasteiger partial charge in [-0.3, -0.25) is 0 Å². The molecule has 2 aliphatic rings. The van der Waals surface area contributed by atoms with Crippen LogP contribution in [-0.4, -0.2) is 37.1 Å². The topological polar surface area (TPSA) is 32.5 Å². The third-order valence-electron chi connectivity index (χ3n) is 5.94. The summed E-state index contributed by atoms with van der Waals surface area (Å²) in [6.07, 6.45) is 4.59. The maximum Gasteiger partial charge on any atom is 0.123 e. The van der Waals surface area contributed by atoms with Crippen LogP contribution in [0, 0.1) is 5.82 Å². The first-order valence-electron chi connectivity index (χ1n) is 9.78. The molecule has 0 aliphatic carbocycles. The number of fused-ring (bicyclic) bond motifs is 1. The summed E-state index contributed by atoms with van der Waals surface area (Å²) in [7, 11) is 0. The van der Waals surface area contributed by atoms with Gasteiger partial charge in [0.15, 0.2) is 0 Å². The lowest BCUT2D eigenvalue weighted by molar-refractivity contribution is 0.212. The molecule has 0 aromatic heterocycles. The van der Waals surface area contributed by atoms with Crippen molar-refractivity contribution in [3.05, 3.63) is 65.0 Å². The number of rotatable bonds is 5. The van der Waals surface area contributed by atoms with E-state index in [9.17, 15) is 4.39 Å². The summed E-state index contributed by atoms with van der Waals surface area (Å²) < 4.78 is 13.0. The molecule has 0 unspecified atom stereocenters. The third kappa shape index (κ3) is 3.76. The summed E-state index contributed by atoms with van der Waals surface area (Å²) in [5.74, 6) is -0.154. The van der Waals surface area contributed by atoms with E-state index in [4.69, 9.17) is 5.73 Å². The highest BCUT2D eigenvalue weighted by Crippen LogP contribution is 2.33. The van der Waals surface area contributed by atoms with Crippen molar-refractivity contribution < 1.29 is 4.39 Å². The SMILES string of the molecule is NCc1ccc2c(c1)N(C1CCN(CCc3ccc(F)cc3)CC1)CC2. The Balaban J connectivity index is 1.31. The van der Waals surface area contributed by atoms with Gasteiger partial charge in [0.1, 0.15) is 5.82 Å². The zero-order valence-electron chi connectivity index (χ0n) is 15.3. The van der Waals surface area contributed by atoms with Gasteiger partial charge in [-0.15, -0.1) is 0 Å². The number of nitrogens with two attached hydrogens (primary N) is 1. The second-order valence-corrected chi connectivity index (χ2v) is 7.56. The predicted molar refractivity (Wildman–Crippen MR) is 105 cm³/mol. The molecule has 0 spiro atoms. The summed E-state index contributed by atoms with van der Waals surface area (Å²) in [6, 6.07) is 14.3. The van der Waals surface area contributed by atoms with Gasteiger partial charge in [-0.1, -0.05) is 24.3 Å². The van der Waals surface area contributed by atoms with Crippen LogP contribution in [0.4, 0.5) is 10.1 Å². The fourth-order valence-corrected chi connectivity index (χ4v) is 4.35. The summed E-state index contributed by atoms with van der Waals surface area (Å²) >= 11 is 0. The molecule has 4 heteroatoms. The first-order valence-corrected chi connectivity index (χ1v) is 9.78. The van der Waals surface area contributed by atoms with E-state index in [1.54, 1.807) is 12.1 Å². The maximum atomic E-state index is 13.0. The Hall–Kier alpha value is -1.91. The molecule has 3 nitrogen and oxygen atoms in total. The lowest BCUT2D eigenvalue weighted by atomic mass is 10.0. The van der Waals surface area contributed by atoms with Gasteiger partial charge < -0.3 is 15.5 Å². The largest absolute Gasteiger partial charge is 0.368 e. The molecule has 0 radical (unpaired) electrons. The lowest BCUT2D eigenvalue weighted by Gasteiger charge is -2.38. The van der Waals surface area contributed by atoms with Gasteiger partial charge in [-0.05, 0) is 60.6 Å². The van der Waals surface area contributed by atoms with E-state index < -0.39 is 0 Å². The van der Waals surface area contributed by atoms with Crippen LogP contribution in [0.5, 0.6) is 0 Å². The van der Waals surface area contributed by atoms with Crippen molar-refractivity contribution in [2.75, 3.05) is 31.1 Å². The molecule has 2 N–H and O–H groups in total. The van der Waals surface area contributed by atoms with Crippen molar-refractivity contribution in [2.45, 2.75) is 38.3 Å². The monoisotopic (exact) mass is 353 g/mol. The standard InChI is InChI=1S/C22H28FN3/c23-20-5-2-17(3-6-20)7-11-25-12-9-21(10-13-25)26-14-8-19-4-1-18(16-24)15-22(19)26/h1-6,15,21H,7-14,16,24H2. The van der Waals surface area contributed by atoms with Crippen LogP contribution in [0.15, 0.2) is 42.5 Å². The van der Waals surface area contributed by atoms with Gasteiger partial charge in [0.2, 0.25) is 0 Å². The zero-order valence-corrected chi connectivity index (χ0v) is 15.3. The molecule has 0 atom stereocenters. The minimum Gasteiger partial charge on any atom is -0.368 e. The molecular formula is C22H28FN3. The number of likely N-dealkylation sites (tertiary alicyclic amines) is 1. The molecule has 1 saturated heterocycles. The highest BCUT2D eigenvalue weighted by atomic mass is 19.1. The maximum absolute atomic E-state index is 13.0. The van der Waals surface area contributed by atoms with E-state index in [-0.39, 0.29) is 5.82 Å². The molecule has 0 saturated carbocycles. The highest BCUT2D eigenvalue weighted by molar-refractivity contribution is 5.60. The van der Waals surface area contributed by atoms with E-state index in [1.807, 2.05) is 12.1 Å². The zero-order chi connectivity index (χ0) is 17.9. The molecule has 2 aliphatic heterocycles. The number of piperidine rings is 1. The van der Waals surface area contributed by atoms with Crippen molar-refractivity contribution in [3.8, 4) is 0 Å². The van der Waals surface area contributed by atoms with E-state index in [2.05, 4.69) is 28.0 Å². The van der Waals surface area contributed by atoms with Crippen LogP contribution in [0.2, 0.25) is 0 Å². The van der Waals surface area contributed by atoms with Gasteiger partial charge in [0, 0.05) is 44.5 Å². The fraction of sp³-hybridized carbons (Fsp3) is 0.455. The second kappa shape index (κ2) is 7.77. The number of hydrogen-bond donors (Lipinski definition) is 1. The molecular weight excluding hydrogens is 325 g/mol. The molecule has 2 heterocycles. The van der Waals surface area contributed by atoms with Crippen molar-refractivity contribution in [2.24, 2.45) is 5.73 Å². The van der Waals surface area contributed by atoms with Gasteiger partial charge in [-0.25, -0.2) is 4.39 Å². The normalized spacial score (nSPS) is 18.3. The molecule has 26 heavy (non-hydrogen) atoms. The van der Waals surface area contributed by atoms with E-state index in [0.29, 0.717) is 12.6 Å². The summed E-state index contributed by atoms with van der Waals surface area (Å²) in [5.41, 5.74) is 11.2. The van der Waals surface area contributed by atoms with Crippen LogP contribution < -0.4 is 10.6 Å². The van der Waals surface area contributed by atoms with Gasteiger partial charge >= 0.3 is 0 Å². The quantitative estimate of drug-likeness (QED) is 0.895. The minimum absolute atomic E-state index is 0.154. The van der Waals surface area contributed by atoms with E-state index in [0.717, 1.165) is 39.0 Å². The number of benzene rings is 2. The number of hydrogen-bond acceptors (Lipinski definition) is 3. The van der Waals surface area contributed by atoms with Crippen molar-refractivity contribution in [1.29, 1.82) is 0 Å². The molecule has 2 aromatic carbocycles. The minimum atomic E-state index is -0.154. The summed E-state index contributed by atoms with van der Waals surface area (Å²) in [5, 5.41) is 0. The molecule has 0 amide bonds. The van der Waals surface area contributed by atoms with Crippen molar-refractivity contribution in [3.63, 3.8) is 0 Å². The van der Waals surface area contributed by atoms with Crippen LogP contribution in [0.3, 0.4) is 0 Å². The Morgan fingerprint density at radius 3 is 2.42 bits per heavy atom. The number of nitrogens with zero attached hydrogens (tertiary/aromatic N) is 2. The lowest BCUT2D eigenvalue weighted by Crippen LogP contribution is -2.45. The predicted octanol–water partition coefficient (Wildman–Crippen LogP) is 3.35. The smallest absolute Gasteiger partial charge is 0.123 e. The summed E-state index contributed by atoms with van der Waals surface area (Å²) in [4.78, 5) is 5.17. The fourth-order valence-electron chi connectivity index (χ4n) is 4.35. The summed E-state index contributed by atoms with van der Waals surface area (Å²) in [6.45, 7) is 5.11. The Labute approximate surface area is 155 Å². The molecule has 138 valence electrons. The first-order chi connectivity index (χ1) is 12.7.